The molecule has 0 bridgehead atoms. The molecule has 0 amide bonds. The number of hydrogen-bond donors (Lipinski definition) is 1. The van der Waals surface area contributed by atoms with Crippen LogP contribution < -0.4 is 5.32 Å². The molecule has 1 aromatic heterocycles. The molecule has 0 saturated carbocycles. The molecule has 1 N–H and O–H groups in total. The van der Waals surface area contributed by atoms with Crippen LogP contribution >= 0.6 is 11.6 Å². The molecule has 3 nitrogen and oxygen atoms in total. The van der Waals surface area contributed by atoms with Crippen LogP contribution in [0.1, 0.15) is 24.6 Å². The molecule has 0 radical (unpaired) electrons. The van der Waals surface area contributed by atoms with Crippen molar-refractivity contribution in [2.75, 3.05) is 13.1 Å². The zero-order valence-corrected chi connectivity index (χ0v) is 10.2. The summed E-state index contributed by atoms with van der Waals surface area (Å²) in [6.07, 6.45) is 4.13. The van der Waals surface area contributed by atoms with Gasteiger partial charge in [-0.15, -0.1) is 0 Å². The number of piperidine rings is 1. The highest BCUT2D eigenvalue weighted by Gasteiger charge is 2.17. The maximum absolute atomic E-state index is 5.94. The van der Waals surface area contributed by atoms with Gasteiger partial charge >= 0.3 is 0 Å². The lowest BCUT2D eigenvalue weighted by Crippen LogP contribution is -2.27. The predicted octanol–water partition coefficient (Wildman–Crippen LogP) is 2.75. The monoisotopic (exact) mass is 247 g/mol. The maximum Gasteiger partial charge on any atom is 0.132 e. The van der Waals surface area contributed by atoms with Gasteiger partial charge in [-0.3, -0.25) is 0 Å². The minimum Gasteiger partial charge on any atom is -0.317 e. The number of nitrogens with one attached hydrogen (secondary N) is 1. The van der Waals surface area contributed by atoms with Crippen molar-refractivity contribution in [2.45, 2.75) is 18.8 Å². The molecule has 1 aromatic carbocycles. The molecule has 1 aliphatic rings. The van der Waals surface area contributed by atoms with Crippen LogP contribution in [0.25, 0.3) is 10.9 Å². The fourth-order valence-electron chi connectivity index (χ4n) is 2.30. The van der Waals surface area contributed by atoms with Crippen molar-refractivity contribution in [2.24, 2.45) is 0 Å². The minimum atomic E-state index is 0.497. The molecule has 4 heteroatoms. The van der Waals surface area contributed by atoms with Crippen LogP contribution in [-0.4, -0.2) is 23.1 Å². The van der Waals surface area contributed by atoms with E-state index in [1.165, 1.54) is 0 Å². The van der Waals surface area contributed by atoms with Crippen molar-refractivity contribution in [1.29, 1.82) is 0 Å². The number of halogens is 1. The van der Waals surface area contributed by atoms with Gasteiger partial charge in [0.25, 0.3) is 0 Å². The highest BCUT2D eigenvalue weighted by atomic mass is 35.5. The Morgan fingerprint density at radius 2 is 2.06 bits per heavy atom. The molecule has 88 valence electrons. The topological polar surface area (TPSA) is 37.8 Å². The summed E-state index contributed by atoms with van der Waals surface area (Å²) in [6.45, 7) is 2.12. The van der Waals surface area contributed by atoms with Gasteiger partial charge in [0.05, 0.1) is 5.52 Å². The van der Waals surface area contributed by atoms with E-state index in [9.17, 15) is 0 Å². The van der Waals surface area contributed by atoms with Crippen LogP contribution in [0.15, 0.2) is 24.4 Å². The van der Waals surface area contributed by atoms with Crippen LogP contribution in [0, 0.1) is 0 Å². The van der Waals surface area contributed by atoms with E-state index in [2.05, 4.69) is 15.3 Å². The Morgan fingerprint density at radius 1 is 1.24 bits per heavy atom. The zero-order chi connectivity index (χ0) is 11.7. The Bertz CT molecular complexity index is 535. The summed E-state index contributed by atoms with van der Waals surface area (Å²) in [5.41, 5.74) is 0.984. The Balaban J connectivity index is 1.98. The van der Waals surface area contributed by atoms with Gasteiger partial charge in [-0.05, 0) is 44.1 Å². The minimum absolute atomic E-state index is 0.497. The van der Waals surface area contributed by atoms with Crippen molar-refractivity contribution in [1.82, 2.24) is 15.3 Å². The molecule has 2 heterocycles. The molecule has 0 unspecified atom stereocenters. The first-order chi connectivity index (χ1) is 8.33. The summed E-state index contributed by atoms with van der Waals surface area (Å²) in [5, 5.41) is 5.10. The van der Waals surface area contributed by atoms with Crippen LogP contribution in [0.3, 0.4) is 0 Å². The van der Waals surface area contributed by atoms with E-state index in [-0.39, 0.29) is 0 Å². The van der Waals surface area contributed by atoms with E-state index in [4.69, 9.17) is 11.6 Å². The summed E-state index contributed by atoms with van der Waals surface area (Å²) in [6, 6.07) is 5.75. The average molecular weight is 248 g/mol. The van der Waals surface area contributed by atoms with Crippen LogP contribution in [0.2, 0.25) is 5.02 Å². The molecular weight excluding hydrogens is 234 g/mol. The number of nitrogens with zero attached hydrogens (tertiary/aromatic N) is 2. The van der Waals surface area contributed by atoms with Crippen molar-refractivity contribution in [3.05, 3.63) is 35.2 Å². The Morgan fingerprint density at radius 3 is 2.88 bits per heavy atom. The van der Waals surface area contributed by atoms with E-state index in [0.717, 1.165) is 47.7 Å². The Kier molecular flexibility index (Phi) is 2.95. The first-order valence-electron chi connectivity index (χ1n) is 5.96. The van der Waals surface area contributed by atoms with Gasteiger partial charge in [0.2, 0.25) is 0 Å². The van der Waals surface area contributed by atoms with E-state index < -0.39 is 0 Å². The molecule has 1 saturated heterocycles. The fraction of sp³-hybridized carbons (Fsp3) is 0.385. The third-order valence-electron chi connectivity index (χ3n) is 3.26. The SMILES string of the molecule is Clc1ccc2nc(C3CCNCC3)ncc2c1. The number of fused-ring (bicyclic) bond motifs is 1. The molecule has 17 heavy (non-hydrogen) atoms. The van der Waals surface area contributed by atoms with E-state index in [1.807, 2.05) is 24.4 Å². The lowest BCUT2D eigenvalue weighted by Gasteiger charge is -2.21. The van der Waals surface area contributed by atoms with E-state index in [1.54, 1.807) is 0 Å². The van der Waals surface area contributed by atoms with Crippen molar-refractivity contribution in [3.63, 3.8) is 0 Å². The zero-order valence-electron chi connectivity index (χ0n) is 9.49. The third kappa shape index (κ3) is 2.26. The Labute approximate surface area is 105 Å². The van der Waals surface area contributed by atoms with Crippen molar-refractivity contribution < 1.29 is 0 Å². The second kappa shape index (κ2) is 4.59. The standard InChI is InChI=1S/C13H14ClN3/c14-11-1-2-12-10(7-11)8-16-13(17-12)9-3-5-15-6-4-9/h1-2,7-9,15H,3-6H2. The molecule has 3 rings (SSSR count). The second-order valence-corrected chi connectivity index (χ2v) is 4.89. The predicted molar refractivity (Wildman–Crippen MR) is 69.4 cm³/mol. The highest BCUT2D eigenvalue weighted by Crippen LogP contribution is 2.24. The molecule has 2 aromatic rings. The fourth-order valence-corrected chi connectivity index (χ4v) is 2.48. The van der Waals surface area contributed by atoms with Gasteiger partial charge in [0.15, 0.2) is 0 Å². The molecule has 0 atom stereocenters. The molecule has 0 spiro atoms. The normalized spacial score (nSPS) is 17.5. The van der Waals surface area contributed by atoms with Gasteiger partial charge in [-0.25, -0.2) is 9.97 Å². The first kappa shape index (κ1) is 10.9. The van der Waals surface area contributed by atoms with Crippen molar-refractivity contribution >= 4 is 22.5 Å². The van der Waals surface area contributed by atoms with Gasteiger partial charge < -0.3 is 5.32 Å². The van der Waals surface area contributed by atoms with Gasteiger partial charge in [0, 0.05) is 22.5 Å². The molecule has 0 aliphatic carbocycles. The van der Waals surface area contributed by atoms with Gasteiger partial charge in [-0.2, -0.15) is 0 Å². The molecule has 1 aliphatic heterocycles. The maximum atomic E-state index is 5.94. The average Bonchev–Trinajstić information content (AvgIpc) is 2.39. The first-order valence-corrected chi connectivity index (χ1v) is 6.33. The number of aromatic nitrogens is 2. The largest absolute Gasteiger partial charge is 0.317 e. The highest BCUT2D eigenvalue weighted by molar-refractivity contribution is 6.31. The quantitative estimate of drug-likeness (QED) is 0.842. The summed E-state index contributed by atoms with van der Waals surface area (Å²) in [4.78, 5) is 9.12. The molecule has 1 fully saturated rings. The van der Waals surface area contributed by atoms with Crippen LogP contribution in [-0.2, 0) is 0 Å². The number of rotatable bonds is 1. The Hall–Kier alpha value is -1.19. The summed E-state index contributed by atoms with van der Waals surface area (Å²) >= 11 is 5.94. The number of hydrogen-bond acceptors (Lipinski definition) is 3. The lowest BCUT2D eigenvalue weighted by atomic mass is 9.97. The lowest BCUT2D eigenvalue weighted by molar-refractivity contribution is 0.446. The van der Waals surface area contributed by atoms with E-state index >= 15 is 0 Å². The van der Waals surface area contributed by atoms with Crippen molar-refractivity contribution in [3.8, 4) is 0 Å². The summed E-state index contributed by atoms with van der Waals surface area (Å²) < 4.78 is 0. The van der Waals surface area contributed by atoms with Crippen LogP contribution in [0.4, 0.5) is 0 Å². The van der Waals surface area contributed by atoms with Crippen LogP contribution in [0.5, 0.6) is 0 Å². The summed E-state index contributed by atoms with van der Waals surface area (Å²) in [5.74, 6) is 1.47. The second-order valence-electron chi connectivity index (χ2n) is 4.46. The molecular formula is C13H14ClN3. The van der Waals surface area contributed by atoms with E-state index in [0.29, 0.717) is 5.92 Å². The summed E-state index contributed by atoms with van der Waals surface area (Å²) in [7, 11) is 0. The van der Waals surface area contributed by atoms with Gasteiger partial charge in [-0.1, -0.05) is 11.6 Å². The third-order valence-corrected chi connectivity index (χ3v) is 3.50. The number of benzene rings is 1. The smallest absolute Gasteiger partial charge is 0.132 e. The van der Waals surface area contributed by atoms with Gasteiger partial charge in [0.1, 0.15) is 5.82 Å².